The Morgan fingerprint density at radius 3 is 1.39 bits per heavy atom. The van der Waals surface area contributed by atoms with Gasteiger partial charge in [-0.1, -0.05) is 69.5 Å². The van der Waals surface area contributed by atoms with Crippen molar-refractivity contribution < 1.29 is 0 Å². The molecule has 1 aliphatic rings. The molecule has 1 unspecified atom stereocenters. The van der Waals surface area contributed by atoms with Gasteiger partial charge in [0.05, 0.1) is 0 Å². The maximum atomic E-state index is 2.61. The van der Waals surface area contributed by atoms with Crippen molar-refractivity contribution in [3.05, 3.63) is 80.4 Å². The van der Waals surface area contributed by atoms with Gasteiger partial charge in [0.2, 0.25) is 0 Å². The summed E-state index contributed by atoms with van der Waals surface area (Å²) in [6.07, 6.45) is 0. The van der Waals surface area contributed by atoms with Crippen LogP contribution in [-0.4, -0.2) is 8.07 Å². The highest BCUT2D eigenvalue weighted by Crippen LogP contribution is 2.46. The quantitative estimate of drug-likeness (QED) is 0.528. The van der Waals surface area contributed by atoms with Crippen LogP contribution in [0.2, 0.25) is 12.1 Å². The molecule has 0 aromatic heterocycles. The van der Waals surface area contributed by atoms with E-state index in [1.807, 2.05) is 0 Å². The minimum absolute atomic E-state index is 0.537. The third-order valence-corrected chi connectivity index (χ3v) is 12.5. The number of hydrogen-bond donors (Lipinski definition) is 0. The molecule has 0 saturated carbocycles. The Morgan fingerprint density at radius 2 is 0.964 bits per heavy atom. The summed E-state index contributed by atoms with van der Waals surface area (Å²) in [4.78, 5) is 0. The van der Waals surface area contributed by atoms with Crippen molar-refractivity contribution >= 4 is 18.4 Å². The fourth-order valence-electron chi connectivity index (χ4n) is 5.33. The van der Waals surface area contributed by atoms with Crippen LogP contribution in [0, 0.1) is 34.6 Å². The molecule has 3 rings (SSSR count). The van der Waals surface area contributed by atoms with Crippen molar-refractivity contribution in [2.45, 2.75) is 74.4 Å². The third-order valence-electron chi connectivity index (χ3n) is 7.54. The molecule has 0 radical (unpaired) electrons. The summed E-state index contributed by atoms with van der Waals surface area (Å²) in [5, 5.41) is 3.14. The van der Waals surface area contributed by atoms with Crippen molar-refractivity contribution in [1.29, 1.82) is 0 Å². The predicted molar refractivity (Wildman–Crippen MR) is 128 cm³/mol. The number of aryl methyl sites for hydroxylation is 4. The maximum Gasteiger partial charge on any atom is 0.126 e. The lowest BCUT2D eigenvalue weighted by Crippen LogP contribution is -2.59. The molecule has 1 atom stereocenters. The van der Waals surface area contributed by atoms with Gasteiger partial charge in [-0.05, 0) is 90.2 Å². The highest BCUT2D eigenvalue weighted by molar-refractivity contribution is 7.03. The monoisotopic (exact) mass is 388 g/mol. The van der Waals surface area contributed by atoms with Gasteiger partial charge >= 0.3 is 0 Å². The predicted octanol–water partition coefficient (Wildman–Crippen LogP) is 6.48. The second-order valence-corrected chi connectivity index (χ2v) is 13.5. The lowest BCUT2D eigenvalue weighted by molar-refractivity contribution is 1.08. The smallest absolute Gasteiger partial charge is 0.0650 e. The first-order valence-corrected chi connectivity index (χ1v) is 13.1. The topological polar surface area (TPSA) is 0 Å². The van der Waals surface area contributed by atoms with E-state index in [-0.39, 0.29) is 0 Å². The van der Waals surface area contributed by atoms with Crippen LogP contribution in [-0.2, 0) is 0 Å². The Kier molecular flexibility index (Phi) is 5.36. The molecule has 1 aliphatic carbocycles. The van der Waals surface area contributed by atoms with Gasteiger partial charge in [-0.25, -0.2) is 0 Å². The second-order valence-electron chi connectivity index (χ2n) is 9.36. The highest BCUT2D eigenvalue weighted by Gasteiger charge is 2.45. The van der Waals surface area contributed by atoms with E-state index >= 15 is 0 Å². The molecule has 0 N–H and O–H groups in total. The van der Waals surface area contributed by atoms with Crippen LogP contribution in [0.5, 0.6) is 0 Å². The molecule has 0 fully saturated rings. The van der Waals surface area contributed by atoms with Gasteiger partial charge in [-0.15, -0.1) is 0 Å². The Balaban J connectivity index is 2.39. The average Bonchev–Trinajstić information content (AvgIpc) is 2.81. The Morgan fingerprint density at radius 1 is 0.571 bits per heavy atom. The molecule has 0 saturated heterocycles. The number of allylic oxidation sites excluding steroid dienone is 4. The summed E-state index contributed by atoms with van der Waals surface area (Å²) >= 11 is 0. The van der Waals surface area contributed by atoms with E-state index in [0.717, 1.165) is 0 Å². The van der Waals surface area contributed by atoms with Gasteiger partial charge in [-0.3, -0.25) is 0 Å². The van der Waals surface area contributed by atoms with Gasteiger partial charge in [-0.2, -0.15) is 0 Å². The summed E-state index contributed by atoms with van der Waals surface area (Å²) in [6, 6.07) is 12.2. The zero-order valence-corrected chi connectivity index (χ0v) is 20.5. The first-order chi connectivity index (χ1) is 13.0. The summed E-state index contributed by atoms with van der Waals surface area (Å²) < 4.78 is 0. The Bertz CT molecular complexity index is 951. The van der Waals surface area contributed by atoms with Crippen molar-refractivity contribution in [3.8, 4) is 0 Å². The average molecular weight is 389 g/mol. The highest BCUT2D eigenvalue weighted by atomic mass is 28.3. The van der Waals surface area contributed by atoms with Gasteiger partial charge in [0.25, 0.3) is 0 Å². The van der Waals surface area contributed by atoms with E-state index in [1.165, 1.54) is 39.0 Å². The van der Waals surface area contributed by atoms with Crippen LogP contribution in [0.15, 0.2) is 52.6 Å². The summed E-state index contributed by atoms with van der Waals surface area (Å²) in [5.41, 5.74) is 13.7. The molecule has 1 heteroatoms. The summed E-state index contributed by atoms with van der Waals surface area (Å²) in [7, 11) is -2.04. The Hall–Kier alpha value is -1.86. The van der Waals surface area contributed by atoms with Gasteiger partial charge in [0, 0.05) is 5.54 Å². The molecule has 0 spiro atoms. The maximum absolute atomic E-state index is 2.61. The molecule has 28 heavy (non-hydrogen) atoms. The van der Waals surface area contributed by atoms with Crippen molar-refractivity contribution in [1.82, 2.24) is 0 Å². The van der Waals surface area contributed by atoms with Gasteiger partial charge in [0.1, 0.15) is 8.07 Å². The minimum Gasteiger partial charge on any atom is -0.0650 e. The molecule has 2 aromatic carbocycles. The van der Waals surface area contributed by atoms with E-state index in [4.69, 9.17) is 0 Å². The fourth-order valence-corrected chi connectivity index (χ4v) is 10.6. The SMILES string of the molecule is CC1=C(C)C([Si](C)(c2cc(C)cc(C)c2)c2cc(C)c(C)c(C)c2)C(C)=C1C. The van der Waals surface area contributed by atoms with E-state index in [2.05, 4.69) is 99.2 Å². The van der Waals surface area contributed by atoms with E-state index in [0.29, 0.717) is 5.54 Å². The van der Waals surface area contributed by atoms with Gasteiger partial charge in [0.15, 0.2) is 0 Å². The normalized spacial score (nSPS) is 17.5. The van der Waals surface area contributed by atoms with Crippen LogP contribution in [0.25, 0.3) is 0 Å². The molecule has 0 nitrogen and oxygen atoms in total. The lowest BCUT2D eigenvalue weighted by atomic mass is 10.1. The molecular formula is C27H36Si. The van der Waals surface area contributed by atoms with Crippen molar-refractivity contribution in [2.75, 3.05) is 0 Å². The van der Waals surface area contributed by atoms with Crippen LogP contribution >= 0.6 is 0 Å². The largest absolute Gasteiger partial charge is 0.126 e. The van der Waals surface area contributed by atoms with Crippen LogP contribution < -0.4 is 10.4 Å². The van der Waals surface area contributed by atoms with Gasteiger partial charge < -0.3 is 0 Å². The molecule has 0 amide bonds. The standard InChI is InChI=1S/C27H36Si/c1-16-11-17(2)13-25(12-16)28(10,26-14-18(3)20(5)19(4)15-26)27-23(8)21(6)22(7)24(27)9/h11-15,27H,1-10H3. The third kappa shape index (κ3) is 3.14. The van der Waals surface area contributed by atoms with Crippen LogP contribution in [0.1, 0.15) is 55.5 Å². The van der Waals surface area contributed by atoms with E-state index in [9.17, 15) is 0 Å². The zero-order valence-electron chi connectivity index (χ0n) is 19.5. The first kappa shape index (κ1) is 20.9. The van der Waals surface area contributed by atoms with Crippen LogP contribution in [0.4, 0.5) is 0 Å². The minimum atomic E-state index is -2.04. The molecule has 0 aliphatic heterocycles. The van der Waals surface area contributed by atoms with E-state index < -0.39 is 8.07 Å². The fraction of sp³-hybridized carbons (Fsp3) is 0.407. The summed E-state index contributed by atoms with van der Waals surface area (Å²) in [5.74, 6) is 0. The van der Waals surface area contributed by atoms with E-state index in [1.54, 1.807) is 21.5 Å². The lowest BCUT2D eigenvalue weighted by Gasteiger charge is -2.38. The molecule has 148 valence electrons. The first-order valence-electron chi connectivity index (χ1n) is 10.5. The number of rotatable bonds is 3. The molecule has 0 heterocycles. The zero-order chi connectivity index (χ0) is 21.0. The molecular weight excluding hydrogens is 352 g/mol. The molecule has 0 bridgehead atoms. The number of benzene rings is 2. The van der Waals surface area contributed by atoms with Crippen molar-refractivity contribution in [2.24, 2.45) is 0 Å². The summed E-state index contributed by atoms with van der Waals surface area (Å²) in [6.45, 7) is 23.3. The van der Waals surface area contributed by atoms with Crippen molar-refractivity contribution in [3.63, 3.8) is 0 Å². The van der Waals surface area contributed by atoms with Crippen LogP contribution in [0.3, 0.4) is 0 Å². The Labute approximate surface area is 173 Å². The second kappa shape index (κ2) is 7.19. The number of hydrogen-bond acceptors (Lipinski definition) is 0. The molecule has 2 aromatic rings.